The second kappa shape index (κ2) is 4.08. The first-order valence-electron chi connectivity index (χ1n) is 5.17. The molecule has 0 bridgehead atoms. The third kappa shape index (κ3) is 1.73. The zero-order valence-electron chi connectivity index (χ0n) is 9.94. The van der Waals surface area contributed by atoms with Crippen LogP contribution in [0.1, 0.15) is 12.5 Å². The number of ether oxygens (including phenoxy) is 2. The highest BCUT2D eigenvalue weighted by atomic mass is 16.5. The van der Waals surface area contributed by atoms with E-state index in [1.807, 2.05) is 0 Å². The van der Waals surface area contributed by atoms with Gasteiger partial charge in [-0.1, -0.05) is 0 Å². The fourth-order valence-corrected chi connectivity index (χ4v) is 1.98. The molecule has 0 aliphatic carbocycles. The average molecular weight is 235 g/mol. The number of imide groups is 1. The van der Waals surface area contributed by atoms with Gasteiger partial charge in [0.1, 0.15) is 0 Å². The number of hydrogen-bond donors (Lipinski definition) is 0. The summed E-state index contributed by atoms with van der Waals surface area (Å²) in [6, 6.07) is 3.38. The summed E-state index contributed by atoms with van der Waals surface area (Å²) >= 11 is 0. The van der Waals surface area contributed by atoms with E-state index >= 15 is 0 Å². The number of carbonyl (C=O) groups is 2. The van der Waals surface area contributed by atoms with Gasteiger partial charge in [0.15, 0.2) is 11.5 Å². The monoisotopic (exact) mass is 235 g/mol. The molecule has 1 aromatic rings. The Hall–Kier alpha value is -2.04. The number of benzene rings is 1. The molecule has 2 rings (SSSR count). The van der Waals surface area contributed by atoms with E-state index in [0.717, 1.165) is 10.5 Å². The van der Waals surface area contributed by atoms with Crippen molar-refractivity contribution < 1.29 is 19.1 Å². The summed E-state index contributed by atoms with van der Waals surface area (Å²) in [6.45, 7) is 1.36. The SMILES string of the molecule is COc1cc2c(cc1OC)N(C(C)=O)C(=O)C2. The van der Waals surface area contributed by atoms with Crippen molar-refractivity contribution in [2.24, 2.45) is 0 Å². The van der Waals surface area contributed by atoms with Crippen molar-refractivity contribution in [2.45, 2.75) is 13.3 Å². The fraction of sp³-hybridized carbons (Fsp3) is 0.333. The van der Waals surface area contributed by atoms with Crippen LogP contribution in [0.25, 0.3) is 0 Å². The number of hydrogen-bond acceptors (Lipinski definition) is 4. The summed E-state index contributed by atoms with van der Waals surface area (Å²) in [5.41, 5.74) is 1.36. The normalized spacial score (nSPS) is 13.6. The maximum Gasteiger partial charge on any atom is 0.238 e. The van der Waals surface area contributed by atoms with Crippen molar-refractivity contribution in [3.63, 3.8) is 0 Å². The summed E-state index contributed by atoms with van der Waals surface area (Å²) in [5, 5.41) is 0. The van der Waals surface area contributed by atoms with Crippen LogP contribution in [0.15, 0.2) is 12.1 Å². The predicted octanol–water partition coefficient (Wildman–Crippen LogP) is 1.14. The van der Waals surface area contributed by atoms with Gasteiger partial charge in [0.2, 0.25) is 11.8 Å². The number of nitrogens with zero attached hydrogens (tertiary/aromatic N) is 1. The highest BCUT2D eigenvalue weighted by molar-refractivity contribution is 6.18. The van der Waals surface area contributed by atoms with Gasteiger partial charge < -0.3 is 9.47 Å². The summed E-state index contributed by atoms with van der Waals surface area (Å²) in [6.07, 6.45) is 0.218. The number of carbonyl (C=O) groups excluding carboxylic acids is 2. The molecule has 5 nitrogen and oxygen atoms in total. The lowest BCUT2D eigenvalue weighted by atomic mass is 10.1. The van der Waals surface area contributed by atoms with Gasteiger partial charge in [0, 0.05) is 13.0 Å². The topological polar surface area (TPSA) is 55.8 Å². The Morgan fingerprint density at radius 1 is 1.24 bits per heavy atom. The smallest absolute Gasteiger partial charge is 0.238 e. The third-order valence-corrected chi connectivity index (χ3v) is 2.73. The van der Waals surface area contributed by atoms with E-state index in [2.05, 4.69) is 0 Å². The minimum Gasteiger partial charge on any atom is -0.493 e. The number of fused-ring (bicyclic) bond motifs is 1. The van der Waals surface area contributed by atoms with Gasteiger partial charge in [-0.25, -0.2) is 0 Å². The van der Waals surface area contributed by atoms with E-state index in [9.17, 15) is 9.59 Å². The molecule has 0 saturated carbocycles. The predicted molar refractivity (Wildman–Crippen MR) is 61.4 cm³/mol. The van der Waals surface area contributed by atoms with E-state index in [0.29, 0.717) is 17.2 Å². The lowest BCUT2D eigenvalue weighted by Gasteiger charge is -2.15. The van der Waals surface area contributed by atoms with Crippen LogP contribution in [0.5, 0.6) is 11.5 Å². The Balaban J connectivity index is 2.56. The molecule has 0 radical (unpaired) electrons. The largest absolute Gasteiger partial charge is 0.493 e. The van der Waals surface area contributed by atoms with Crippen molar-refractivity contribution in [3.05, 3.63) is 17.7 Å². The van der Waals surface area contributed by atoms with Gasteiger partial charge >= 0.3 is 0 Å². The third-order valence-electron chi connectivity index (χ3n) is 2.73. The number of rotatable bonds is 2. The van der Waals surface area contributed by atoms with Crippen LogP contribution in [-0.4, -0.2) is 26.0 Å². The Morgan fingerprint density at radius 3 is 2.35 bits per heavy atom. The van der Waals surface area contributed by atoms with Crippen LogP contribution < -0.4 is 14.4 Å². The Morgan fingerprint density at radius 2 is 1.82 bits per heavy atom. The zero-order chi connectivity index (χ0) is 12.6. The maximum absolute atomic E-state index is 11.7. The highest BCUT2D eigenvalue weighted by Crippen LogP contribution is 2.38. The van der Waals surface area contributed by atoms with E-state index in [-0.39, 0.29) is 18.2 Å². The Labute approximate surface area is 98.9 Å². The van der Waals surface area contributed by atoms with E-state index in [1.54, 1.807) is 12.1 Å². The maximum atomic E-state index is 11.7. The number of methoxy groups -OCH3 is 2. The fourth-order valence-electron chi connectivity index (χ4n) is 1.98. The van der Waals surface area contributed by atoms with Gasteiger partial charge in [-0.2, -0.15) is 0 Å². The average Bonchev–Trinajstić information content (AvgIpc) is 2.61. The van der Waals surface area contributed by atoms with Gasteiger partial charge in [-0.05, 0) is 11.6 Å². The van der Waals surface area contributed by atoms with Crippen LogP contribution >= 0.6 is 0 Å². The molecule has 1 aromatic carbocycles. The van der Waals surface area contributed by atoms with E-state index in [1.165, 1.54) is 21.1 Å². The molecular weight excluding hydrogens is 222 g/mol. The molecule has 1 aliphatic heterocycles. The molecule has 17 heavy (non-hydrogen) atoms. The molecule has 1 heterocycles. The van der Waals surface area contributed by atoms with Gasteiger partial charge in [-0.15, -0.1) is 0 Å². The van der Waals surface area contributed by atoms with Gasteiger partial charge in [0.05, 0.1) is 26.3 Å². The molecule has 0 fully saturated rings. The van der Waals surface area contributed by atoms with E-state index in [4.69, 9.17) is 9.47 Å². The Bertz CT molecular complexity index is 496. The minimum atomic E-state index is -0.291. The van der Waals surface area contributed by atoms with Crippen LogP contribution in [0.3, 0.4) is 0 Å². The summed E-state index contributed by atoms with van der Waals surface area (Å²) in [4.78, 5) is 24.3. The quantitative estimate of drug-likeness (QED) is 0.771. The molecule has 90 valence electrons. The molecule has 0 aromatic heterocycles. The molecule has 5 heteroatoms. The number of amides is 2. The van der Waals surface area contributed by atoms with Crippen molar-refractivity contribution in [2.75, 3.05) is 19.1 Å². The van der Waals surface area contributed by atoms with Gasteiger partial charge in [-0.3, -0.25) is 14.5 Å². The summed E-state index contributed by atoms with van der Waals surface area (Å²) in [5.74, 6) is 0.556. The lowest BCUT2D eigenvalue weighted by molar-refractivity contribution is -0.124. The first kappa shape index (κ1) is 11.4. The molecule has 0 atom stereocenters. The molecule has 0 N–H and O–H groups in total. The number of anilines is 1. The lowest BCUT2D eigenvalue weighted by Crippen LogP contribution is -2.31. The van der Waals surface area contributed by atoms with Crippen molar-refractivity contribution >= 4 is 17.5 Å². The first-order chi connectivity index (χ1) is 8.08. The summed E-state index contributed by atoms with van der Waals surface area (Å²) in [7, 11) is 3.04. The van der Waals surface area contributed by atoms with E-state index < -0.39 is 0 Å². The second-order valence-electron chi connectivity index (χ2n) is 3.76. The van der Waals surface area contributed by atoms with Crippen LogP contribution in [0.2, 0.25) is 0 Å². The first-order valence-corrected chi connectivity index (χ1v) is 5.17. The van der Waals surface area contributed by atoms with Crippen molar-refractivity contribution in [1.82, 2.24) is 0 Å². The highest BCUT2D eigenvalue weighted by Gasteiger charge is 2.31. The van der Waals surface area contributed by atoms with Crippen LogP contribution in [-0.2, 0) is 16.0 Å². The standard InChI is InChI=1S/C12H13NO4/c1-7(14)13-9-6-11(17-3)10(16-2)4-8(9)5-12(13)15/h4,6H,5H2,1-3H3. The zero-order valence-corrected chi connectivity index (χ0v) is 9.94. The van der Waals surface area contributed by atoms with Crippen molar-refractivity contribution in [3.8, 4) is 11.5 Å². The molecule has 0 saturated heterocycles. The molecule has 0 spiro atoms. The molecule has 0 unspecified atom stereocenters. The molecule has 1 aliphatic rings. The second-order valence-corrected chi connectivity index (χ2v) is 3.76. The van der Waals surface area contributed by atoms with Crippen LogP contribution in [0.4, 0.5) is 5.69 Å². The molecule has 2 amide bonds. The van der Waals surface area contributed by atoms with Crippen LogP contribution in [0, 0.1) is 0 Å². The minimum absolute atomic E-state index is 0.218. The summed E-state index contributed by atoms with van der Waals surface area (Å²) < 4.78 is 10.3. The van der Waals surface area contributed by atoms with Crippen molar-refractivity contribution in [1.29, 1.82) is 0 Å². The Kier molecular flexibility index (Phi) is 2.75. The molecular formula is C12H13NO4. The van der Waals surface area contributed by atoms with Gasteiger partial charge in [0.25, 0.3) is 0 Å².